The van der Waals surface area contributed by atoms with Crippen LogP contribution in [-0.4, -0.2) is 15.6 Å². The molecule has 180 valence electrons. The van der Waals surface area contributed by atoms with Crippen molar-refractivity contribution >= 4 is 5.43 Å². The van der Waals surface area contributed by atoms with Crippen molar-refractivity contribution in [2.75, 3.05) is 0 Å². The van der Waals surface area contributed by atoms with E-state index in [1.807, 2.05) is 0 Å². The zero-order chi connectivity index (χ0) is 26.1. The molecule has 34 heavy (non-hydrogen) atoms. The molecule has 0 aliphatic carbocycles. The summed E-state index contributed by atoms with van der Waals surface area (Å²) < 4.78 is 24.0. The largest absolute Gasteiger partial charge is 0.508 e. The molecule has 4 aromatic rings. The Labute approximate surface area is 218 Å². The van der Waals surface area contributed by atoms with Crippen LogP contribution < -0.4 is 0 Å². The van der Waals surface area contributed by atoms with Crippen molar-refractivity contribution in [1.82, 2.24) is 0 Å². The molecule has 2 nitrogen and oxygen atoms in total. The Bertz CT molecular complexity index is 908. The maximum atomic E-state index is 12.0. The van der Waals surface area contributed by atoms with Gasteiger partial charge >= 0.3 is 41.9 Å². The van der Waals surface area contributed by atoms with E-state index in [-0.39, 0.29) is 28.6 Å². The third kappa shape index (κ3) is 17.2. The van der Waals surface area contributed by atoms with E-state index in [1.165, 1.54) is 70.8 Å². The molecule has 6 heteroatoms. The van der Waals surface area contributed by atoms with Crippen LogP contribution in [0.1, 0.15) is 22.3 Å². The fourth-order valence-electron chi connectivity index (χ4n) is 2.08. The summed E-state index contributed by atoms with van der Waals surface area (Å²) in [6.45, 7) is 13.1. The second kappa shape index (κ2) is 18.1. The van der Waals surface area contributed by atoms with Crippen molar-refractivity contribution in [3.8, 4) is 11.5 Å². The Kier molecular flexibility index (Phi) is 16.9. The molecule has 0 heterocycles. The van der Waals surface area contributed by atoms with Gasteiger partial charge in [0.25, 0.3) is 0 Å². The molecule has 0 aliphatic rings. The number of benzene rings is 2. The van der Waals surface area contributed by atoms with Gasteiger partial charge in [-0.1, -0.05) is 27.7 Å². The Morgan fingerprint density at radius 3 is 0.912 bits per heavy atom. The molecule has 4 rings (SSSR count). The van der Waals surface area contributed by atoms with Gasteiger partial charge < -0.3 is 10.2 Å². The van der Waals surface area contributed by atoms with Gasteiger partial charge in [-0.3, -0.25) is 0 Å². The van der Waals surface area contributed by atoms with Crippen LogP contribution >= 0.6 is 0 Å². The van der Waals surface area contributed by atoms with Gasteiger partial charge in [0.15, 0.2) is 0 Å². The summed E-state index contributed by atoms with van der Waals surface area (Å²) in [4.78, 5) is 0. The van der Waals surface area contributed by atoms with Crippen LogP contribution in [0, 0.1) is 39.3 Å². The quantitative estimate of drug-likeness (QED) is 0.170. The van der Waals surface area contributed by atoms with Crippen LogP contribution in [0.25, 0.3) is 0 Å². The molecule has 0 atom stereocenters. The summed E-state index contributed by atoms with van der Waals surface area (Å²) >= 11 is 1.74. The first-order valence-corrected chi connectivity index (χ1v) is 16.9. The summed E-state index contributed by atoms with van der Waals surface area (Å²) in [5, 5.41) is 17.2. The summed E-state index contributed by atoms with van der Waals surface area (Å²) in [5.41, 5.74) is 5.77. The number of hydrogen-bond acceptors (Lipinski definition) is 2. The first-order valence-electron chi connectivity index (χ1n) is 10.7. The Morgan fingerprint density at radius 2 is 0.794 bits per heavy atom. The third-order valence-electron chi connectivity index (χ3n) is 4.28. The molecule has 0 saturated heterocycles. The molecule has 2 N–H and O–H groups in total. The van der Waals surface area contributed by atoms with E-state index in [0.29, 0.717) is 0 Å². The Hall–Kier alpha value is -2.30. The zero-order valence-corrected chi connectivity index (χ0v) is 24.2. The second-order valence-corrected chi connectivity index (χ2v) is 17.1. The predicted octanol–water partition coefficient (Wildman–Crippen LogP) is 7.89. The van der Waals surface area contributed by atoms with Crippen molar-refractivity contribution in [3.63, 3.8) is 0 Å². The van der Waals surface area contributed by atoms with Crippen LogP contribution in [0.4, 0.5) is 8.78 Å². The van der Waals surface area contributed by atoms with E-state index in [2.05, 4.69) is 77.2 Å². The fourth-order valence-corrected chi connectivity index (χ4v) is 2.08. The number of rotatable bonds is 0. The van der Waals surface area contributed by atoms with E-state index in [9.17, 15) is 8.78 Å². The molecule has 0 bridgehead atoms. The predicted molar refractivity (Wildman–Crippen MR) is 137 cm³/mol. The van der Waals surface area contributed by atoms with Gasteiger partial charge in [0, 0.05) is 0 Å². The third-order valence-corrected chi connectivity index (χ3v) is 4.28. The smallest absolute Gasteiger partial charge is 0.123 e. The van der Waals surface area contributed by atoms with Crippen LogP contribution in [0.15, 0.2) is 84.9 Å². The second-order valence-electron chi connectivity index (χ2n) is 7.74. The number of phenolic OH excluding ortho intramolecular Hbond substituents is 2. The van der Waals surface area contributed by atoms with E-state index in [1.54, 1.807) is 23.3 Å². The normalized spacial score (nSPS) is 9.00. The zero-order valence-electron chi connectivity index (χ0n) is 20.7. The number of halogens is 2. The van der Waals surface area contributed by atoms with E-state index in [4.69, 9.17) is 10.2 Å². The molecule has 0 aliphatic heterocycles. The molecule has 0 unspecified atom stereocenters. The fraction of sp³-hybridized carbons (Fsp3) is 0.214. The standard InChI is InChI=1S/2C7H9.2C6H5FO.C2H6Si.Zr/c2*1-6-4-3-5-7(6)2;2*7-5-1-3-6(8)4-2-5;1-3-2;/h2*3-5H,1-2H3;2*1-4,8H;1-2H3;/q2*-1;;;;+2. The molecule has 0 amide bonds. The van der Waals surface area contributed by atoms with Gasteiger partial charge in [0.2, 0.25) is 0 Å². The van der Waals surface area contributed by atoms with Crippen molar-refractivity contribution in [2.45, 2.75) is 40.8 Å². The van der Waals surface area contributed by atoms with Crippen molar-refractivity contribution in [3.05, 3.63) is 119 Å². The minimum Gasteiger partial charge on any atom is -0.508 e. The van der Waals surface area contributed by atoms with Gasteiger partial charge in [-0.25, -0.2) is 8.78 Å². The molecule has 4 aromatic carbocycles. The summed E-state index contributed by atoms with van der Waals surface area (Å²) in [6, 6.07) is 22.6. The van der Waals surface area contributed by atoms with E-state index < -0.39 is 0 Å². The number of hydrogen-bond donors (Lipinski definition) is 2. The molecular weight excluding hydrogens is 526 g/mol. The molecule has 0 radical (unpaired) electrons. The molecular formula is C28H34F2O2SiZr. The summed E-state index contributed by atoms with van der Waals surface area (Å²) in [7, 11) is 0. The van der Waals surface area contributed by atoms with Gasteiger partial charge in [0.1, 0.15) is 23.1 Å². The molecule has 0 aromatic heterocycles. The van der Waals surface area contributed by atoms with Gasteiger partial charge in [-0.05, 0) is 48.5 Å². The van der Waals surface area contributed by atoms with Crippen LogP contribution in [-0.2, 0) is 23.3 Å². The molecule has 0 saturated carbocycles. The maximum absolute atomic E-state index is 12.0. The van der Waals surface area contributed by atoms with E-state index >= 15 is 0 Å². The average Bonchev–Trinajstić information content (AvgIpc) is 3.34. The maximum Gasteiger partial charge on any atom is 0.123 e. The van der Waals surface area contributed by atoms with Crippen molar-refractivity contribution < 1.29 is 42.3 Å². The van der Waals surface area contributed by atoms with Crippen LogP contribution in [0.3, 0.4) is 0 Å². The minimum atomic E-state index is -0.331. The first kappa shape index (κ1) is 31.7. The van der Waals surface area contributed by atoms with Gasteiger partial charge in [-0.2, -0.15) is 58.7 Å². The van der Waals surface area contributed by atoms with Crippen molar-refractivity contribution in [2.24, 2.45) is 0 Å². The number of phenols is 2. The first-order chi connectivity index (χ1) is 15.9. The van der Waals surface area contributed by atoms with Crippen molar-refractivity contribution in [1.29, 1.82) is 0 Å². The summed E-state index contributed by atoms with van der Waals surface area (Å²) in [5.74, 6) is -0.483. The van der Waals surface area contributed by atoms with Gasteiger partial charge in [-0.15, -0.1) is 0 Å². The Morgan fingerprint density at radius 1 is 0.588 bits per heavy atom. The average molecular weight is 560 g/mol. The molecule has 0 fully saturated rings. The van der Waals surface area contributed by atoms with Crippen LogP contribution in [0.2, 0.25) is 13.1 Å². The SMILES string of the molecule is C[Si](C)=[Zr+2].Cc1c[cH-]cc1C.Cc1c[cH-]cc1C.Oc1ccc(F)cc1.Oc1ccc(F)cc1. The molecule has 0 spiro atoms. The van der Waals surface area contributed by atoms with Gasteiger partial charge in [0.05, 0.1) is 0 Å². The topological polar surface area (TPSA) is 40.5 Å². The minimum absolute atomic E-state index is 0.0893. The van der Waals surface area contributed by atoms with Crippen LogP contribution in [0.5, 0.6) is 11.5 Å². The summed E-state index contributed by atoms with van der Waals surface area (Å²) in [6.07, 6.45) is 0. The number of aromatic hydroxyl groups is 2. The monoisotopic (exact) mass is 558 g/mol. The van der Waals surface area contributed by atoms with E-state index in [0.717, 1.165) is 0 Å². The Balaban J connectivity index is 0.000000407. The number of aryl methyl sites for hydroxylation is 4.